The van der Waals surface area contributed by atoms with Crippen LogP contribution in [0.5, 0.6) is 17.2 Å². The van der Waals surface area contributed by atoms with Gasteiger partial charge in [0.25, 0.3) is 0 Å². The number of hydrogen-bond acceptors (Lipinski definition) is 4. The van der Waals surface area contributed by atoms with Gasteiger partial charge in [-0.25, -0.2) is 0 Å². The molecule has 0 fully saturated rings. The minimum absolute atomic E-state index is 0.157. The Morgan fingerprint density at radius 2 is 1.50 bits per heavy atom. The number of esters is 1. The summed E-state index contributed by atoms with van der Waals surface area (Å²) in [6.45, 7) is 0.451. The van der Waals surface area contributed by atoms with Crippen molar-refractivity contribution in [1.29, 1.82) is 0 Å². The molecule has 0 saturated carbocycles. The lowest BCUT2D eigenvalue weighted by Crippen LogP contribution is -2.11. The fourth-order valence-corrected chi connectivity index (χ4v) is 2.50. The molecule has 3 aromatic carbocycles. The van der Waals surface area contributed by atoms with Crippen molar-refractivity contribution in [2.24, 2.45) is 0 Å². The summed E-state index contributed by atoms with van der Waals surface area (Å²) in [6.07, 6.45) is 0.157. The van der Waals surface area contributed by atoms with Crippen molar-refractivity contribution in [1.82, 2.24) is 0 Å². The van der Waals surface area contributed by atoms with E-state index in [4.69, 9.17) is 14.2 Å². The van der Waals surface area contributed by atoms with E-state index in [9.17, 15) is 4.79 Å². The Balaban J connectivity index is 1.63. The molecule has 0 N–H and O–H groups in total. The molecular formula is C22H20O4. The average molecular weight is 348 g/mol. The molecule has 0 heterocycles. The maximum absolute atomic E-state index is 12.1. The molecule has 3 rings (SSSR count). The molecule has 0 unspecified atom stereocenters. The molecule has 0 amide bonds. The zero-order valence-corrected chi connectivity index (χ0v) is 14.6. The second kappa shape index (κ2) is 8.72. The predicted octanol–water partition coefficient (Wildman–Crippen LogP) is 4.42. The lowest BCUT2D eigenvalue weighted by Gasteiger charge is -2.12. The number of hydrogen-bond donors (Lipinski definition) is 0. The van der Waals surface area contributed by atoms with Crippen molar-refractivity contribution in [3.63, 3.8) is 0 Å². The summed E-state index contributed by atoms with van der Waals surface area (Å²) in [5.74, 6) is 1.44. The van der Waals surface area contributed by atoms with Gasteiger partial charge >= 0.3 is 5.97 Å². The highest BCUT2D eigenvalue weighted by molar-refractivity contribution is 5.75. The van der Waals surface area contributed by atoms with E-state index in [0.717, 1.165) is 11.1 Å². The molecule has 0 spiro atoms. The van der Waals surface area contributed by atoms with E-state index in [-0.39, 0.29) is 12.4 Å². The molecule has 0 radical (unpaired) electrons. The van der Waals surface area contributed by atoms with Crippen LogP contribution in [0.1, 0.15) is 11.1 Å². The van der Waals surface area contributed by atoms with Crippen LogP contribution in [0.15, 0.2) is 78.9 Å². The Kier molecular flexibility index (Phi) is 5.88. The van der Waals surface area contributed by atoms with Crippen molar-refractivity contribution >= 4 is 5.97 Å². The van der Waals surface area contributed by atoms with Gasteiger partial charge < -0.3 is 14.2 Å². The quantitative estimate of drug-likeness (QED) is 0.468. The van der Waals surface area contributed by atoms with E-state index in [0.29, 0.717) is 23.9 Å². The van der Waals surface area contributed by atoms with E-state index < -0.39 is 0 Å². The second-order valence-corrected chi connectivity index (χ2v) is 5.72. The number of para-hydroxylation sites is 1. The van der Waals surface area contributed by atoms with Crippen LogP contribution in [0.3, 0.4) is 0 Å². The number of benzene rings is 3. The molecule has 0 saturated heterocycles. The third-order valence-corrected chi connectivity index (χ3v) is 3.79. The maximum Gasteiger partial charge on any atom is 0.315 e. The third kappa shape index (κ3) is 4.86. The summed E-state index contributed by atoms with van der Waals surface area (Å²) < 4.78 is 16.5. The Morgan fingerprint density at radius 3 is 2.19 bits per heavy atom. The van der Waals surface area contributed by atoms with Gasteiger partial charge in [0.2, 0.25) is 0 Å². The summed E-state index contributed by atoms with van der Waals surface area (Å²) in [6, 6.07) is 24.4. The molecular weight excluding hydrogens is 328 g/mol. The standard InChI is InChI=1S/C22H20O4/c1-24-21-14-18(15-22(23)26-19-10-6-3-7-11-19)12-13-20(21)25-16-17-8-4-2-5-9-17/h2-14H,15-16H2,1H3. The van der Waals surface area contributed by atoms with Gasteiger partial charge in [0, 0.05) is 0 Å². The van der Waals surface area contributed by atoms with Crippen LogP contribution in [0.4, 0.5) is 0 Å². The Bertz CT molecular complexity index is 845. The first-order valence-corrected chi connectivity index (χ1v) is 8.34. The van der Waals surface area contributed by atoms with E-state index in [1.807, 2.05) is 60.7 Å². The average Bonchev–Trinajstić information content (AvgIpc) is 2.68. The molecule has 0 aliphatic rings. The van der Waals surface area contributed by atoms with Gasteiger partial charge in [-0.15, -0.1) is 0 Å². The minimum atomic E-state index is -0.323. The van der Waals surface area contributed by atoms with Crippen molar-refractivity contribution in [2.45, 2.75) is 13.0 Å². The van der Waals surface area contributed by atoms with Crippen LogP contribution in [0.25, 0.3) is 0 Å². The number of rotatable bonds is 7. The lowest BCUT2D eigenvalue weighted by atomic mass is 10.1. The highest BCUT2D eigenvalue weighted by Gasteiger charge is 2.11. The molecule has 4 nitrogen and oxygen atoms in total. The largest absolute Gasteiger partial charge is 0.493 e. The minimum Gasteiger partial charge on any atom is -0.493 e. The van der Waals surface area contributed by atoms with E-state index in [2.05, 4.69) is 0 Å². The topological polar surface area (TPSA) is 44.8 Å². The molecule has 3 aromatic rings. The zero-order valence-electron chi connectivity index (χ0n) is 14.6. The van der Waals surface area contributed by atoms with Gasteiger partial charge in [-0.05, 0) is 35.4 Å². The first-order valence-electron chi connectivity index (χ1n) is 8.34. The second-order valence-electron chi connectivity index (χ2n) is 5.72. The normalized spacial score (nSPS) is 10.2. The summed E-state index contributed by atoms with van der Waals surface area (Å²) in [7, 11) is 1.58. The Hall–Kier alpha value is -3.27. The molecule has 26 heavy (non-hydrogen) atoms. The van der Waals surface area contributed by atoms with Crippen LogP contribution >= 0.6 is 0 Å². The van der Waals surface area contributed by atoms with Gasteiger partial charge in [0.05, 0.1) is 13.5 Å². The van der Waals surface area contributed by atoms with Crippen molar-refractivity contribution < 1.29 is 19.0 Å². The summed E-state index contributed by atoms with van der Waals surface area (Å²) >= 11 is 0. The molecule has 0 aliphatic carbocycles. The fourth-order valence-electron chi connectivity index (χ4n) is 2.50. The van der Waals surface area contributed by atoms with E-state index in [1.165, 1.54) is 0 Å². The lowest BCUT2D eigenvalue weighted by molar-refractivity contribution is -0.133. The third-order valence-electron chi connectivity index (χ3n) is 3.79. The first kappa shape index (κ1) is 17.5. The molecule has 0 aliphatic heterocycles. The van der Waals surface area contributed by atoms with E-state index in [1.54, 1.807) is 25.3 Å². The predicted molar refractivity (Wildman–Crippen MR) is 99.5 cm³/mol. The Morgan fingerprint density at radius 1 is 0.808 bits per heavy atom. The molecule has 132 valence electrons. The summed E-state index contributed by atoms with van der Waals surface area (Å²) in [5.41, 5.74) is 1.87. The van der Waals surface area contributed by atoms with Gasteiger partial charge in [0.1, 0.15) is 12.4 Å². The fraction of sp³-hybridized carbons (Fsp3) is 0.136. The van der Waals surface area contributed by atoms with Gasteiger partial charge in [-0.1, -0.05) is 54.6 Å². The van der Waals surface area contributed by atoms with Crippen LogP contribution in [0.2, 0.25) is 0 Å². The van der Waals surface area contributed by atoms with Crippen molar-refractivity contribution in [3.05, 3.63) is 90.0 Å². The number of carbonyl (C=O) groups is 1. The van der Waals surface area contributed by atoms with Gasteiger partial charge in [0.15, 0.2) is 11.5 Å². The van der Waals surface area contributed by atoms with Crippen LogP contribution in [-0.2, 0) is 17.8 Å². The smallest absolute Gasteiger partial charge is 0.315 e. The molecule has 0 aromatic heterocycles. The van der Waals surface area contributed by atoms with Gasteiger partial charge in [-0.3, -0.25) is 4.79 Å². The van der Waals surface area contributed by atoms with E-state index >= 15 is 0 Å². The first-order chi connectivity index (χ1) is 12.7. The Labute approximate surface area is 153 Å². The molecule has 0 atom stereocenters. The zero-order chi connectivity index (χ0) is 18.2. The monoisotopic (exact) mass is 348 g/mol. The van der Waals surface area contributed by atoms with Crippen molar-refractivity contribution in [2.75, 3.05) is 7.11 Å². The maximum atomic E-state index is 12.1. The van der Waals surface area contributed by atoms with Crippen LogP contribution < -0.4 is 14.2 Å². The van der Waals surface area contributed by atoms with Gasteiger partial charge in [-0.2, -0.15) is 0 Å². The molecule has 0 bridgehead atoms. The SMILES string of the molecule is COc1cc(CC(=O)Oc2ccccc2)ccc1OCc1ccccc1. The number of carbonyl (C=O) groups excluding carboxylic acids is 1. The van der Waals surface area contributed by atoms with Crippen molar-refractivity contribution in [3.8, 4) is 17.2 Å². The number of ether oxygens (including phenoxy) is 3. The highest BCUT2D eigenvalue weighted by atomic mass is 16.5. The molecule has 4 heteroatoms. The summed E-state index contributed by atoms with van der Waals surface area (Å²) in [4.78, 5) is 12.1. The summed E-state index contributed by atoms with van der Waals surface area (Å²) in [5, 5.41) is 0. The number of methoxy groups -OCH3 is 1. The highest BCUT2D eigenvalue weighted by Crippen LogP contribution is 2.29. The van der Waals surface area contributed by atoms with Crippen LogP contribution in [0, 0.1) is 0 Å². The van der Waals surface area contributed by atoms with Crippen LogP contribution in [-0.4, -0.2) is 13.1 Å².